The maximum Gasteiger partial charge on any atom is 0.255 e. The van der Waals surface area contributed by atoms with Crippen LogP contribution in [0, 0.1) is 24.4 Å². The molecule has 2 aromatic rings. The number of nitrogens with one attached hydrogen (secondary N) is 1. The van der Waals surface area contributed by atoms with Crippen molar-refractivity contribution in [1.29, 1.82) is 0 Å². The molecule has 188 valence electrons. The molecular formula is C24H30F4N2O4. The zero-order valence-electron chi connectivity index (χ0n) is 19.3. The molecule has 10 heteroatoms. The number of hydrogen-bond donors (Lipinski definition) is 2. The first-order valence-corrected chi connectivity index (χ1v) is 10.2. The van der Waals surface area contributed by atoms with E-state index in [1.165, 1.54) is 31.2 Å². The molecule has 0 bridgehead atoms. The summed E-state index contributed by atoms with van der Waals surface area (Å²) in [6, 6.07) is 6.91. The van der Waals surface area contributed by atoms with Crippen LogP contribution >= 0.6 is 0 Å². The molecule has 1 amide bonds. The second kappa shape index (κ2) is 15.7. The van der Waals surface area contributed by atoms with Gasteiger partial charge >= 0.3 is 0 Å². The molecule has 1 aliphatic heterocycles. The maximum atomic E-state index is 13.1. The van der Waals surface area contributed by atoms with Gasteiger partial charge in [-0.2, -0.15) is 0 Å². The van der Waals surface area contributed by atoms with E-state index in [0.717, 1.165) is 31.5 Å². The molecule has 1 aliphatic rings. The lowest BCUT2D eigenvalue weighted by molar-refractivity contribution is -0.0987. The fraction of sp³-hybridized carbons (Fsp3) is 0.375. The summed E-state index contributed by atoms with van der Waals surface area (Å²) in [5.74, 6) is -2.97. The lowest BCUT2D eigenvalue weighted by Gasteiger charge is -2.26. The molecule has 1 saturated heterocycles. The van der Waals surface area contributed by atoms with Crippen LogP contribution < -0.4 is 5.32 Å². The van der Waals surface area contributed by atoms with Gasteiger partial charge in [0.25, 0.3) is 5.91 Å². The molecule has 0 aliphatic carbocycles. The van der Waals surface area contributed by atoms with Crippen molar-refractivity contribution in [1.82, 2.24) is 4.90 Å². The van der Waals surface area contributed by atoms with Gasteiger partial charge in [0.2, 0.25) is 0 Å². The Labute approximate surface area is 196 Å². The fourth-order valence-electron chi connectivity index (χ4n) is 3.17. The van der Waals surface area contributed by atoms with Crippen molar-refractivity contribution in [3.8, 4) is 0 Å². The van der Waals surface area contributed by atoms with Gasteiger partial charge in [-0.3, -0.25) is 4.79 Å². The lowest BCUT2D eigenvalue weighted by atomic mass is 10.00. The lowest BCUT2D eigenvalue weighted by Crippen LogP contribution is -2.41. The average Bonchev–Trinajstić information content (AvgIpc) is 3.01. The highest BCUT2D eigenvalue weighted by atomic mass is 19.2. The van der Waals surface area contributed by atoms with Gasteiger partial charge in [0.1, 0.15) is 31.7 Å². The minimum atomic E-state index is -1.06. The number of carbonyl (C=O) groups is 3. The molecule has 3 rings (SSSR count). The number of likely N-dealkylation sites (N-methyl/N-ethyl adjacent to an activating group) is 1. The number of benzene rings is 2. The fourth-order valence-corrected chi connectivity index (χ4v) is 3.17. The number of halogens is 4. The minimum Gasteiger partial charge on any atom is -0.386 e. The van der Waals surface area contributed by atoms with Crippen LogP contribution in [0.2, 0.25) is 0 Å². The normalized spacial score (nSPS) is 17.4. The highest BCUT2D eigenvalue weighted by Gasteiger charge is 2.29. The van der Waals surface area contributed by atoms with Gasteiger partial charge in [0.15, 0.2) is 11.6 Å². The number of amides is 1. The van der Waals surface area contributed by atoms with Gasteiger partial charge in [0.05, 0.1) is 0 Å². The van der Waals surface area contributed by atoms with Crippen LogP contribution in [-0.2, 0) is 9.59 Å². The van der Waals surface area contributed by atoms with Crippen LogP contribution in [0.4, 0.5) is 23.2 Å². The highest BCUT2D eigenvalue weighted by Crippen LogP contribution is 2.20. The van der Waals surface area contributed by atoms with Gasteiger partial charge in [0, 0.05) is 23.9 Å². The summed E-state index contributed by atoms with van der Waals surface area (Å²) in [7, 11) is 1.92. The van der Waals surface area contributed by atoms with E-state index < -0.39 is 35.6 Å². The number of β-amino-alcohol motifs (C(OH)–C–C–N with tert-alkyl or cyclic N) is 1. The van der Waals surface area contributed by atoms with Crippen molar-refractivity contribution in [2.75, 3.05) is 32.1 Å². The molecule has 6 nitrogen and oxygen atoms in total. The van der Waals surface area contributed by atoms with Gasteiger partial charge in [-0.15, -0.1) is 0 Å². The van der Waals surface area contributed by atoms with E-state index >= 15 is 0 Å². The summed E-state index contributed by atoms with van der Waals surface area (Å²) in [6.45, 7) is 6.37. The third-order valence-corrected chi connectivity index (χ3v) is 4.84. The summed E-state index contributed by atoms with van der Waals surface area (Å²) in [5.41, 5.74) is -0.363. The number of carbonyl (C=O) groups excluding carboxylic acids is 3. The van der Waals surface area contributed by atoms with E-state index in [2.05, 4.69) is 5.32 Å². The second-order valence-corrected chi connectivity index (χ2v) is 7.60. The third kappa shape index (κ3) is 10.2. The number of alkyl halides is 1. The predicted molar refractivity (Wildman–Crippen MR) is 122 cm³/mol. The predicted octanol–water partition coefficient (Wildman–Crippen LogP) is 4.10. The van der Waals surface area contributed by atoms with E-state index in [1.807, 2.05) is 25.5 Å². The number of anilines is 1. The van der Waals surface area contributed by atoms with Crippen LogP contribution in [-0.4, -0.2) is 61.9 Å². The number of rotatable bonds is 3. The molecule has 0 saturated carbocycles. The molecule has 1 fully saturated rings. The van der Waals surface area contributed by atoms with Crippen molar-refractivity contribution in [2.24, 2.45) is 0 Å². The van der Waals surface area contributed by atoms with Crippen LogP contribution in [0.25, 0.3) is 0 Å². The average molecular weight is 487 g/mol. The Kier molecular flexibility index (Phi) is 14.2. The first-order valence-electron chi connectivity index (χ1n) is 10.2. The van der Waals surface area contributed by atoms with E-state index in [0.29, 0.717) is 18.5 Å². The van der Waals surface area contributed by atoms with Crippen molar-refractivity contribution < 1.29 is 37.1 Å². The molecule has 0 radical (unpaired) electrons. The van der Waals surface area contributed by atoms with Crippen molar-refractivity contribution in [3.63, 3.8) is 0 Å². The summed E-state index contributed by atoms with van der Waals surface area (Å²) in [6.07, 6.45) is 2.61. The highest BCUT2D eigenvalue weighted by molar-refractivity contribution is 6.04. The first-order chi connectivity index (χ1) is 16.1. The molecule has 2 N–H and O–H groups in total. The summed E-state index contributed by atoms with van der Waals surface area (Å²) in [4.78, 5) is 29.8. The molecule has 34 heavy (non-hydrogen) atoms. The Hall–Kier alpha value is -3.11. The van der Waals surface area contributed by atoms with Crippen molar-refractivity contribution in [2.45, 2.75) is 31.8 Å². The number of aliphatic hydroxyl groups is 1. The Morgan fingerprint density at radius 1 is 1.03 bits per heavy atom. The van der Waals surface area contributed by atoms with Gasteiger partial charge in [-0.1, -0.05) is 0 Å². The molecule has 1 heterocycles. The Bertz CT molecular complexity index is 915. The molecule has 0 aromatic heterocycles. The SMILES string of the molecule is C=O.C=O.CN1CCCCC(O)(CF)C1.Cc1cc(C(=O)Nc2ccc(F)c(F)c2)ccc1F. The zero-order valence-corrected chi connectivity index (χ0v) is 19.3. The summed E-state index contributed by atoms with van der Waals surface area (Å²) in [5, 5.41) is 12.0. The Balaban J connectivity index is 0.000000618. The number of nitrogens with zero attached hydrogens (tertiary/aromatic N) is 1. The van der Waals surface area contributed by atoms with Crippen LogP contribution in [0.1, 0.15) is 35.2 Å². The van der Waals surface area contributed by atoms with Gasteiger partial charge in [-0.05, 0) is 75.7 Å². The molecular weight excluding hydrogens is 456 g/mol. The van der Waals surface area contributed by atoms with Crippen LogP contribution in [0.5, 0.6) is 0 Å². The number of aryl methyl sites for hydroxylation is 1. The van der Waals surface area contributed by atoms with Crippen LogP contribution in [0.15, 0.2) is 36.4 Å². The van der Waals surface area contributed by atoms with Crippen molar-refractivity contribution in [3.05, 3.63) is 65.0 Å². The molecule has 0 spiro atoms. The topological polar surface area (TPSA) is 86.7 Å². The number of hydrogen-bond acceptors (Lipinski definition) is 5. The zero-order chi connectivity index (χ0) is 26.3. The molecule has 1 atom stereocenters. The Morgan fingerprint density at radius 2 is 1.65 bits per heavy atom. The number of likely N-dealkylation sites (tertiary alicyclic amines) is 1. The molecule has 2 aromatic carbocycles. The van der Waals surface area contributed by atoms with Crippen LogP contribution in [0.3, 0.4) is 0 Å². The van der Waals surface area contributed by atoms with Gasteiger partial charge < -0.3 is 24.9 Å². The van der Waals surface area contributed by atoms with E-state index in [9.17, 15) is 27.5 Å². The van der Waals surface area contributed by atoms with Gasteiger partial charge in [-0.25, -0.2) is 17.6 Å². The standard InChI is InChI=1S/C14H10F3NO.C8H16FNO.2CH2O/c1-8-6-9(2-4-11(8)15)14(19)18-10-3-5-12(16)13(17)7-10;1-10-5-3-2-4-8(11,6-9)7-10;2*1-2/h2-7H,1H3,(H,18,19);11H,2-7H2,1H3;2*1H2. The van der Waals surface area contributed by atoms with E-state index in [1.54, 1.807) is 0 Å². The quantitative estimate of drug-likeness (QED) is 0.638. The van der Waals surface area contributed by atoms with E-state index in [4.69, 9.17) is 9.59 Å². The largest absolute Gasteiger partial charge is 0.386 e. The van der Waals surface area contributed by atoms with Crippen molar-refractivity contribution >= 4 is 25.2 Å². The summed E-state index contributed by atoms with van der Waals surface area (Å²) < 4.78 is 51.1. The smallest absolute Gasteiger partial charge is 0.255 e. The summed E-state index contributed by atoms with van der Waals surface area (Å²) >= 11 is 0. The van der Waals surface area contributed by atoms with E-state index in [-0.39, 0.29) is 11.3 Å². The minimum absolute atomic E-state index is 0.130. The first kappa shape index (κ1) is 30.9. The molecule has 1 unspecified atom stereocenters. The monoisotopic (exact) mass is 486 g/mol. The Morgan fingerprint density at radius 3 is 2.21 bits per heavy atom. The second-order valence-electron chi connectivity index (χ2n) is 7.60. The maximum absolute atomic E-state index is 13.1. The third-order valence-electron chi connectivity index (χ3n) is 4.84.